The van der Waals surface area contributed by atoms with E-state index in [1.54, 1.807) is 4.90 Å². The van der Waals surface area contributed by atoms with E-state index < -0.39 is 11.7 Å². The maximum atomic E-state index is 13.6. The molecular formula is C25H37F3N8O2. The Labute approximate surface area is 220 Å². The van der Waals surface area contributed by atoms with Crippen LogP contribution in [0.1, 0.15) is 56.8 Å². The number of nitrogens with one attached hydrogen (secondary N) is 2. The fourth-order valence-electron chi connectivity index (χ4n) is 4.81. The van der Waals surface area contributed by atoms with Gasteiger partial charge in [-0.1, -0.05) is 0 Å². The number of rotatable bonds is 9. The molecule has 0 aliphatic carbocycles. The summed E-state index contributed by atoms with van der Waals surface area (Å²) in [5.41, 5.74) is 0.441. The average Bonchev–Trinajstić information content (AvgIpc) is 3.10. The highest BCUT2D eigenvalue weighted by atomic mass is 19.4. The second kappa shape index (κ2) is 12.3. The van der Waals surface area contributed by atoms with Crippen molar-refractivity contribution >= 4 is 23.4 Å². The average molecular weight is 539 g/mol. The lowest BCUT2D eigenvalue weighted by Crippen LogP contribution is -2.39. The van der Waals surface area contributed by atoms with Crippen LogP contribution in [0.25, 0.3) is 0 Å². The van der Waals surface area contributed by atoms with Gasteiger partial charge in [0, 0.05) is 57.8 Å². The van der Waals surface area contributed by atoms with E-state index in [1.807, 2.05) is 17.8 Å². The van der Waals surface area contributed by atoms with Gasteiger partial charge in [-0.3, -0.25) is 9.48 Å². The number of alkyl halides is 3. The van der Waals surface area contributed by atoms with Gasteiger partial charge in [0.1, 0.15) is 18.0 Å². The van der Waals surface area contributed by atoms with Crippen LogP contribution in [0.4, 0.5) is 30.6 Å². The topological polar surface area (TPSA) is 100 Å². The van der Waals surface area contributed by atoms with Crippen LogP contribution in [0.3, 0.4) is 0 Å². The summed E-state index contributed by atoms with van der Waals surface area (Å²) in [7, 11) is 0. The number of anilines is 3. The molecule has 2 aromatic heterocycles. The number of aryl methyl sites for hydroxylation is 1. The predicted octanol–water partition coefficient (Wildman–Crippen LogP) is 3.84. The van der Waals surface area contributed by atoms with Crippen LogP contribution in [0, 0.1) is 6.92 Å². The normalized spacial score (nSPS) is 18.2. The van der Waals surface area contributed by atoms with Crippen molar-refractivity contribution in [3.05, 3.63) is 23.7 Å². The van der Waals surface area contributed by atoms with E-state index in [0.29, 0.717) is 37.8 Å². The molecule has 0 aromatic carbocycles. The summed E-state index contributed by atoms with van der Waals surface area (Å²) in [5.74, 6) is -0.349. The minimum absolute atomic E-state index is 0.0414. The molecule has 210 valence electrons. The molecule has 2 aromatic rings. The second-order valence-electron chi connectivity index (χ2n) is 10.1. The highest BCUT2D eigenvalue weighted by molar-refractivity contribution is 5.77. The van der Waals surface area contributed by atoms with E-state index in [4.69, 9.17) is 4.74 Å². The molecule has 2 aliphatic rings. The van der Waals surface area contributed by atoms with Crippen molar-refractivity contribution in [2.75, 3.05) is 56.6 Å². The fourth-order valence-corrected chi connectivity index (χ4v) is 4.81. The van der Waals surface area contributed by atoms with Crippen molar-refractivity contribution < 1.29 is 22.7 Å². The van der Waals surface area contributed by atoms with Crippen LogP contribution >= 0.6 is 0 Å². The number of carbonyl (C=O) groups is 1. The molecule has 38 heavy (non-hydrogen) atoms. The number of halogens is 3. The molecule has 0 saturated carbocycles. The van der Waals surface area contributed by atoms with Gasteiger partial charge in [-0.2, -0.15) is 23.3 Å². The van der Waals surface area contributed by atoms with Crippen LogP contribution < -0.4 is 10.6 Å². The molecule has 0 bridgehead atoms. The maximum absolute atomic E-state index is 13.6. The van der Waals surface area contributed by atoms with E-state index in [0.717, 1.165) is 44.2 Å². The Balaban J connectivity index is 1.40. The molecule has 2 saturated heterocycles. The van der Waals surface area contributed by atoms with Crippen molar-refractivity contribution in [2.24, 2.45) is 0 Å². The van der Waals surface area contributed by atoms with Gasteiger partial charge >= 0.3 is 6.18 Å². The molecule has 4 heterocycles. The molecule has 2 fully saturated rings. The first-order chi connectivity index (χ1) is 18.1. The van der Waals surface area contributed by atoms with Gasteiger partial charge < -0.3 is 25.2 Å². The number of amides is 1. The first-order valence-corrected chi connectivity index (χ1v) is 13.2. The number of ether oxygens (including phenoxy) is 1. The van der Waals surface area contributed by atoms with Crippen LogP contribution in [-0.4, -0.2) is 87.4 Å². The molecule has 2 aliphatic heterocycles. The predicted molar refractivity (Wildman–Crippen MR) is 137 cm³/mol. The zero-order valence-corrected chi connectivity index (χ0v) is 22.2. The summed E-state index contributed by atoms with van der Waals surface area (Å²) < 4.78 is 48.0. The Kier molecular flexibility index (Phi) is 9.08. The van der Waals surface area contributed by atoms with Crippen LogP contribution in [0.2, 0.25) is 0 Å². The summed E-state index contributed by atoms with van der Waals surface area (Å²) in [4.78, 5) is 24.2. The zero-order valence-electron chi connectivity index (χ0n) is 22.2. The number of likely N-dealkylation sites (tertiary alicyclic amines) is 1. The first kappa shape index (κ1) is 28.1. The molecule has 0 spiro atoms. The lowest BCUT2D eigenvalue weighted by Gasteiger charge is -2.34. The van der Waals surface area contributed by atoms with Gasteiger partial charge in [-0.15, -0.1) is 0 Å². The summed E-state index contributed by atoms with van der Waals surface area (Å²) in [5, 5.41) is 10.5. The molecule has 0 unspecified atom stereocenters. The van der Waals surface area contributed by atoms with Crippen molar-refractivity contribution in [3.8, 4) is 0 Å². The summed E-state index contributed by atoms with van der Waals surface area (Å²) in [6.07, 6.45) is 1.24. The molecule has 4 rings (SSSR count). The quantitative estimate of drug-likeness (QED) is 0.465. The van der Waals surface area contributed by atoms with E-state index in [9.17, 15) is 18.0 Å². The summed E-state index contributed by atoms with van der Waals surface area (Å²) in [6.45, 7) is 10.0. The number of piperidine rings is 1. The third-order valence-corrected chi connectivity index (χ3v) is 7.05. The van der Waals surface area contributed by atoms with Crippen molar-refractivity contribution in [1.29, 1.82) is 0 Å². The van der Waals surface area contributed by atoms with E-state index in [2.05, 4.69) is 44.4 Å². The minimum Gasteiger partial charge on any atom is -0.372 e. The number of hydrogen-bond acceptors (Lipinski definition) is 8. The van der Waals surface area contributed by atoms with Gasteiger partial charge in [0.15, 0.2) is 0 Å². The van der Waals surface area contributed by atoms with Gasteiger partial charge in [-0.05, 0) is 46.5 Å². The number of hydrogen-bond donors (Lipinski definition) is 2. The number of aromatic nitrogens is 4. The van der Waals surface area contributed by atoms with Crippen molar-refractivity contribution in [3.63, 3.8) is 0 Å². The summed E-state index contributed by atoms with van der Waals surface area (Å²) in [6, 6.07) is 0.784. The largest absolute Gasteiger partial charge is 0.421 e. The number of carbonyl (C=O) groups excluding carboxylic acids is 1. The Morgan fingerprint density at radius 2 is 1.97 bits per heavy atom. The molecule has 0 radical (unpaired) electrons. The van der Waals surface area contributed by atoms with Crippen molar-refractivity contribution in [2.45, 2.75) is 64.7 Å². The van der Waals surface area contributed by atoms with E-state index >= 15 is 0 Å². The first-order valence-electron chi connectivity index (χ1n) is 13.2. The molecule has 2 N–H and O–H groups in total. The molecule has 1 amide bonds. The second-order valence-corrected chi connectivity index (χ2v) is 10.1. The van der Waals surface area contributed by atoms with E-state index in [1.165, 1.54) is 0 Å². The zero-order chi connectivity index (χ0) is 27.3. The molecular weight excluding hydrogens is 501 g/mol. The van der Waals surface area contributed by atoms with Crippen molar-refractivity contribution in [1.82, 2.24) is 29.5 Å². The third kappa shape index (κ3) is 7.13. The lowest BCUT2D eigenvalue weighted by molar-refractivity contribution is -0.137. The van der Waals surface area contributed by atoms with Gasteiger partial charge in [0.2, 0.25) is 11.9 Å². The highest BCUT2D eigenvalue weighted by Crippen LogP contribution is 2.34. The monoisotopic (exact) mass is 538 g/mol. The summed E-state index contributed by atoms with van der Waals surface area (Å²) >= 11 is 0. The third-order valence-electron chi connectivity index (χ3n) is 7.05. The number of nitrogens with zero attached hydrogens (tertiary/aromatic N) is 6. The fraction of sp³-hybridized carbons (Fsp3) is 0.680. The smallest absolute Gasteiger partial charge is 0.372 e. The standard InChI is InChI=1S/C25H37F3N8O2/c1-17(2)34-11-6-19(7-12-34)36-15-21(18(3)33-36)31-24-30-14-20(25(26,27)28)23(32-24)29-8-4-9-35-10-5-13-38-16-22(35)37/h14-15,17,19H,4-13,16H2,1-3H3,(H2,29,30,31,32). The lowest BCUT2D eigenvalue weighted by atomic mass is 10.0. The Bertz CT molecular complexity index is 1080. The Morgan fingerprint density at radius 3 is 2.68 bits per heavy atom. The van der Waals surface area contributed by atoms with Gasteiger partial charge in [0.05, 0.1) is 17.4 Å². The Hall–Kier alpha value is -2.93. The highest BCUT2D eigenvalue weighted by Gasteiger charge is 2.35. The van der Waals surface area contributed by atoms with Crippen LogP contribution in [0.5, 0.6) is 0 Å². The van der Waals surface area contributed by atoms with Crippen LogP contribution in [-0.2, 0) is 15.7 Å². The maximum Gasteiger partial charge on any atom is 0.421 e. The minimum atomic E-state index is -4.61. The molecule has 10 nitrogen and oxygen atoms in total. The molecule has 13 heteroatoms. The van der Waals surface area contributed by atoms with E-state index in [-0.39, 0.29) is 36.9 Å². The molecule has 0 atom stereocenters. The Morgan fingerprint density at radius 1 is 1.21 bits per heavy atom. The van der Waals surface area contributed by atoms with Crippen LogP contribution in [0.15, 0.2) is 12.4 Å². The SMILES string of the molecule is Cc1nn(C2CCN(C(C)C)CC2)cc1Nc1ncc(C(F)(F)F)c(NCCCN2CCCOCC2=O)n1. The van der Waals surface area contributed by atoms with Gasteiger partial charge in [0.25, 0.3) is 0 Å². The van der Waals surface area contributed by atoms with Gasteiger partial charge in [-0.25, -0.2) is 4.98 Å².